The van der Waals surface area contributed by atoms with E-state index in [4.69, 9.17) is 10.5 Å². The van der Waals surface area contributed by atoms with Crippen molar-refractivity contribution in [3.05, 3.63) is 23.8 Å². The van der Waals surface area contributed by atoms with Gasteiger partial charge in [0.05, 0.1) is 17.6 Å². The SMILES string of the molecule is Cc1cc(N)ccc1S(=O)(=O)NCCOC1CCCC1. The number of ether oxygens (including phenoxy) is 1. The third kappa shape index (κ3) is 3.94. The fraction of sp³-hybridized carbons (Fsp3) is 0.571. The second-order valence-corrected chi connectivity index (χ2v) is 6.94. The largest absolute Gasteiger partial charge is 0.399 e. The number of aryl methyl sites for hydroxylation is 1. The van der Waals surface area contributed by atoms with Crippen molar-refractivity contribution in [2.24, 2.45) is 0 Å². The summed E-state index contributed by atoms with van der Waals surface area (Å²) in [7, 11) is -3.49. The van der Waals surface area contributed by atoms with Crippen LogP contribution in [0.25, 0.3) is 0 Å². The summed E-state index contributed by atoms with van der Waals surface area (Å²) in [4.78, 5) is 0.271. The zero-order valence-corrected chi connectivity index (χ0v) is 12.6. The normalized spacial score (nSPS) is 16.6. The van der Waals surface area contributed by atoms with Gasteiger partial charge in [-0.05, 0) is 43.5 Å². The fourth-order valence-electron chi connectivity index (χ4n) is 2.51. The number of rotatable bonds is 6. The molecule has 3 N–H and O–H groups in total. The molecule has 1 fully saturated rings. The monoisotopic (exact) mass is 298 g/mol. The average Bonchev–Trinajstić information content (AvgIpc) is 2.87. The Labute approximate surface area is 120 Å². The van der Waals surface area contributed by atoms with Crippen LogP contribution in [0.2, 0.25) is 0 Å². The van der Waals surface area contributed by atoms with Crippen molar-refractivity contribution >= 4 is 15.7 Å². The average molecular weight is 298 g/mol. The summed E-state index contributed by atoms with van der Waals surface area (Å²) in [5.41, 5.74) is 6.84. The van der Waals surface area contributed by atoms with Crippen LogP contribution in [-0.2, 0) is 14.8 Å². The molecule has 6 heteroatoms. The molecule has 112 valence electrons. The molecule has 1 aliphatic carbocycles. The molecule has 1 aromatic rings. The summed E-state index contributed by atoms with van der Waals surface area (Å²) in [5, 5.41) is 0. The zero-order valence-electron chi connectivity index (χ0n) is 11.8. The van der Waals surface area contributed by atoms with Crippen LogP contribution < -0.4 is 10.5 Å². The van der Waals surface area contributed by atoms with Crippen LogP contribution in [0.5, 0.6) is 0 Å². The number of benzene rings is 1. The lowest BCUT2D eigenvalue weighted by atomic mass is 10.2. The van der Waals surface area contributed by atoms with E-state index >= 15 is 0 Å². The van der Waals surface area contributed by atoms with Gasteiger partial charge in [0.1, 0.15) is 0 Å². The van der Waals surface area contributed by atoms with Gasteiger partial charge in [0.25, 0.3) is 0 Å². The lowest BCUT2D eigenvalue weighted by Crippen LogP contribution is -2.29. The Kier molecular flexibility index (Phi) is 5.01. The van der Waals surface area contributed by atoms with Gasteiger partial charge < -0.3 is 10.5 Å². The molecule has 20 heavy (non-hydrogen) atoms. The second kappa shape index (κ2) is 6.56. The smallest absolute Gasteiger partial charge is 0.240 e. The standard InChI is InChI=1S/C14H22N2O3S/c1-11-10-12(15)6-7-14(11)20(17,18)16-8-9-19-13-4-2-3-5-13/h6-7,10,13,16H,2-5,8-9,15H2,1H3. The number of hydrogen-bond acceptors (Lipinski definition) is 4. The molecule has 0 aliphatic heterocycles. The lowest BCUT2D eigenvalue weighted by molar-refractivity contribution is 0.0626. The zero-order chi connectivity index (χ0) is 14.6. The Bertz CT molecular complexity index is 552. The molecular weight excluding hydrogens is 276 g/mol. The first-order valence-corrected chi connectivity index (χ1v) is 8.45. The molecule has 5 nitrogen and oxygen atoms in total. The van der Waals surface area contributed by atoms with E-state index in [0.717, 1.165) is 12.8 Å². The number of hydrogen-bond donors (Lipinski definition) is 2. The van der Waals surface area contributed by atoms with E-state index in [2.05, 4.69) is 4.72 Å². The van der Waals surface area contributed by atoms with Gasteiger partial charge in [0.2, 0.25) is 10.0 Å². The summed E-state index contributed by atoms with van der Waals surface area (Å²) >= 11 is 0. The van der Waals surface area contributed by atoms with Crippen LogP contribution in [-0.4, -0.2) is 27.7 Å². The van der Waals surface area contributed by atoms with E-state index in [1.54, 1.807) is 19.1 Å². The number of anilines is 1. The van der Waals surface area contributed by atoms with Crippen molar-refractivity contribution < 1.29 is 13.2 Å². The van der Waals surface area contributed by atoms with E-state index in [1.807, 2.05) is 0 Å². The molecule has 0 aromatic heterocycles. The molecule has 1 aromatic carbocycles. The van der Waals surface area contributed by atoms with Gasteiger partial charge >= 0.3 is 0 Å². The highest BCUT2D eigenvalue weighted by Crippen LogP contribution is 2.21. The molecule has 0 atom stereocenters. The molecule has 0 unspecified atom stereocenters. The van der Waals surface area contributed by atoms with Gasteiger partial charge in [-0.1, -0.05) is 12.8 Å². The summed E-state index contributed by atoms with van der Waals surface area (Å²) < 4.78 is 32.5. The highest BCUT2D eigenvalue weighted by atomic mass is 32.2. The maximum Gasteiger partial charge on any atom is 0.240 e. The first kappa shape index (κ1) is 15.3. The Hall–Kier alpha value is -1.11. The van der Waals surface area contributed by atoms with Crippen LogP contribution in [0, 0.1) is 6.92 Å². The van der Waals surface area contributed by atoms with E-state index in [-0.39, 0.29) is 4.90 Å². The van der Waals surface area contributed by atoms with Gasteiger partial charge in [-0.2, -0.15) is 0 Å². The van der Waals surface area contributed by atoms with Crippen LogP contribution in [0.1, 0.15) is 31.2 Å². The topological polar surface area (TPSA) is 81.4 Å². The quantitative estimate of drug-likeness (QED) is 0.620. The predicted octanol–water partition coefficient (Wildman–Crippen LogP) is 1.81. The lowest BCUT2D eigenvalue weighted by Gasteiger charge is -2.13. The first-order valence-electron chi connectivity index (χ1n) is 6.96. The van der Waals surface area contributed by atoms with Gasteiger partial charge in [-0.15, -0.1) is 0 Å². The van der Waals surface area contributed by atoms with Crippen molar-refractivity contribution in [3.8, 4) is 0 Å². The van der Waals surface area contributed by atoms with Crippen LogP contribution >= 0.6 is 0 Å². The maximum atomic E-state index is 12.2. The minimum Gasteiger partial charge on any atom is -0.399 e. The van der Waals surface area contributed by atoms with Crippen molar-refractivity contribution in [1.82, 2.24) is 4.72 Å². The first-order chi connectivity index (χ1) is 9.49. The second-order valence-electron chi connectivity index (χ2n) is 5.20. The highest BCUT2D eigenvalue weighted by Gasteiger charge is 2.18. The molecule has 0 radical (unpaired) electrons. The number of sulfonamides is 1. The van der Waals surface area contributed by atoms with Crippen LogP contribution in [0.15, 0.2) is 23.1 Å². The van der Waals surface area contributed by atoms with Crippen molar-refractivity contribution in [3.63, 3.8) is 0 Å². The molecule has 0 heterocycles. The molecule has 0 saturated heterocycles. The fourth-order valence-corrected chi connectivity index (χ4v) is 3.75. The molecule has 1 aliphatic rings. The predicted molar refractivity (Wildman–Crippen MR) is 79.0 cm³/mol. The van der Waals surface area contributed by atoms with E-state index in [0.29, 0.717) is 30.5 Å². The van der Waals surface area contributed by atoms with Gasteiger partial charge in [-0.3, -0.25) is 0 Å². The Balaban J connectivity index is 1.87. The maximum absolute atomic E-state index is 12.2. The molecule has 2 rings (SSSR count). The number of nitrogen functional groups attached to an aromatic ring is 1. The third-order valence-electron chi connectivity index (χ3n) is 3.54. The minimum absolute atomic E-state index is 0.271. The van der Waals surface area contributed by atoms with Crippen LogP contribution in [0.3, 0.4) is 0 Å². The highest BCUT2D eigenvalue weighted by molar-refractivity contribution is 7.89. The number of nitrogens with two attached hydrogens (primary N) is 1. The van der Waals surface area contributed by atoms with Crippen molar-refractivity contribution in [2.75, 3.05) is 18.9 Å². The molecular formula is C14H22N2O3S. The van der Waals surface area contributed by atoms with Gasteiger partial charge in [0, 0.05) is 12.2 Å². The molecule has 0 bridgehead atoms. The van der Waals surface area contributed by atoms with Crippen LogP contribution in [0.4, 0.5) is 5.69 Å². The van der Waals surface area contributed by atoms with E-state index < -0.39 is 10.0 Å². The van der Waals surface area contributed by atoms with Gasteiger partial charge in [-0.25, -0.2) is 13.1 Å². The Morgan fingerprint density at radius 2 is 2.05 bits per heavy atom. The number of nitrogens with one attached hydrogen (secondary N) is 1. The Morgan fingerprint density at radius 3 is 2.70 bits per heavy atom. The summed E-state index contributed by atoms with van der Waals surface area (Å²) in [6, 6.07) is 4.78. The molecule has 0 spiro atoms. The van der Waals surface area contributed by atoms with E-state index in [9.17, 15) is 8.42 Å². The van der Waals surface area contributed by atoms with Crippen molar-refractivity contribution in [2.45, 2.75) is 43.6 Å². The summed E-state index contributed by atoms with van der Waals surface area (Å²) in [5.74, 6) is 0. The summed E-state index contributed by atoms with van der Waals surface area (Å²) in [6.07, 6.45) is 4.90. The third-order valence-corrected chi connectivity index (χ3v) is 5.16. The van der Waals surface area contributed by atoms with Gasteiger partial charge in [0.15, 0.2) is 0 Å². The molecule has 1 saturated carbocycles. The molecule has 0 amide bonds. The summed E-state index contributed by atoms with van der Waals surface area (Å²) in [6.45, 7) is 2.44. The van der Waals surface area contributed by atoms with E-state index in [1.165, 1.54) is 18.9 Å². The van der Waals surface area contributed by atoms with Crippen molar-refractivity contribution in [1.29, 1.82) is 0 Å². The minimum atomic E-state index is -3.49. The Morgan fingerprint density at radius 1 is 1.35 bits per heavy atom.